The number of methoxy groups -OCH3 is 1. The van der Waals surface area contributed by atoms with Gasteiger partial charge in [-0.25, -0.2) is 9.37 Å². The van der Waals surface area contributed by atoms with E-state index in [1.54, 1.807) is 24.5 Å². The summed E-state index contributed by atoms with van der Waals surface area (Å²) in [4.78, 5) is 18.5. The van der Waals surface area contributed by atoms with Gasteiger partial charge >= 0.3 is 6.18 Å². The highest BCUT2D eigenvalue weighted by atomic mass is 32.2. The van der Waals surface area contributed by atoms with Gasteiger partial charge in [0.2, 0.25) is 5.88 Å². The number of aryl methyl sites for hydroxylation is 1. The summed E-state index contributed by atoms with van der Waals surface area (Å²) in [5.41, 5.74) is 8.12. The standard InChI is InChI=1S/C30H27F4N3O2S/c1-16-12-25(39-3)36-14-21(16)26-17(2)19(13-20-22(30(32,33)34)10-7-11-23(20)31)29-37(28(26)38)24(15-40-29)27(35)18-8-5-4-6-9-18/h4-12,14,24,27H,13,15,35H2,1-3H3. The maximum absolute atomic E-state index is 15.0. The molecule has 208 valence electrons. The van der Waals surface area contributed by atoms with Crippen molar-refractivity contribution in [2.24, 2.45) is 5.73 Å². The van der Waals surface area contributed by atoms with Gasteiger partial charge in [0.15, 0.2) is 0 Å². The largest absolute Gasteiger partial charge is 0.481 e. The normalized spacial score (nSPS) is 15.7. The second kappa shape index (κ2) is 10.7. The smallest absolute Gasteiger partial charge is 0.416 e. The Morgan fingerprint density at radius 2 is 1.85 bits per heavy atom. The van der Waals surface area contributed by atoms with Crippen LogP contribution >= 0.6 is 11.8 Å². The molecule has 0 aliphatic carbocycles. The molecular formula is C30H27F4N3O2S. The minimum Gasteiger partial charge on any atom is -0.481 e. The van der Waals surface area contributed by atoms with Gasteiger partial charge in [0.25, 0.3) is 5.56 Å². The lowest BCUT2D eigenvalue weighted by Crippen LogP contribution is -2.33. The number of fused-ring (bicyclic) bond motifs is 1. The Balaban J connectivity index is 1.77. The van der Waals surface area contributed by atoms with Crippen molar-refractivity contribution >= 4 is 11.8 Å². The van der Waals surface area contributed by atoms with Crippen LogP contribution in [0.15, 0.2) is 70.6 Å². The molecule has 0 saturated heterocycles. The summed E-state index contributed by atoms with van der Waals surface area (Å²) < 4.78 is 63.6. The second-order valence-corrected chi connectivity index (χ2v) is 10.8. The van der Waals surface area contributed by atoms with Crippen LogP contribution in [0.4, 0.5) is 17.6 Å². The number of benzene rings is 2. The predicted molar refractivity (Wildman–Crippen MR) is 147 cm³/mol. The average molecular weight is 570 g/mol. The summed E-state index contributed by atoms with van der Waals surface area (Å²) in [6.07, 6.45) is -3.57. The molecule has 2 atom stereocenters. The van der Waals surface area contributed by atoms with Gasteiger partial charge in [0, 0.05) is 35.6 Å². The molecule has 2 aromatic heterocycles. The predicted octanol–water partition coefficient (Wildman–Crippen LogP) is 6.63. The summed E-state index contributed by atoms with van der Waals surface area (Å²) in [7, 11) is 1.48. The number of halogens is 4. The number of rotatable bonds is 6. The zero-order valence-electron chi connectivity index (χ0n) is 22.1. The number of aromatic nitrogens is 2. The maximum Gasteiger partial charge on any atom is 0.416 e. The molecule has 0 fully saturated rings. The molecule has 5 rings (SSSR count). The van der Waals surface area contributed by atoms with E-state index in [0.29, 0.717) is 44.5 Å². The fourth-order valence-corrected chi connectivity index (χ4v) is 6.74. The van der Waals surface area contributed by atoms with E-state index >= 15 is 4.39 Å². The number of hydrogen-bond donors (Lipinski definition) is 1. The van der Waals surface area contributed by atoms with E-state index in [-0.39, 0.29) is 12.0 Å². The van der Waals surface area contributed by atoms with Crippen LogP contribution in [0.1, 0.15) is 45.5 Å². The van der Waals surface area contributed by atoms with Crippen molar-refractivity contribution < 1.29 is 22.3 Å². The van der Waals surface area contributed by atoms with E-state index in [2.05, 4.69) is 4.98 Å². The van der Waals surface area contributed by atoms with Gasteiger partial charge in [-0.2, -0.15) is 13.2 Å². The zero-order valence-corrected chi connectivity index (χ0v) is 22.9. The molecule has 1 aliphatic heterocycles. The van der Waals surface area contributed by atoms with Gasteiger partial charge in [-0.15, -0.1) is 11.8 Å². The first kappa shape index (κ1) is 27.9. The molecule has 0 spiro atoms. The lowest BCUT2D eigenvalue weighted by atomic mass is 9.91. The van der Waals surface area contributed by atoms with E-state index in [4.69, 9.17) is 10.5 Å². The number of nitrogens with zero attached hydrogens (tertiary/aromatic N) is 2. The Morgan fingerprint density at radius 1 is 1.12 bits per heavy atom. The minimum atomic E-state index is -4.75. The molecule has 2 unspecified atom stereocenters. The average Bonchev–Trinajstić information content (AvgIpc) is 3.37. The van der Waals surface area contributed by atoms with E-state index in [9.17, 15) is 18.0 Å². The third kappa shape index (κ3) is 4.90. The lowest BCUT2D eigenvalue weighted by Gasteiger charge is -2.25. The van der Waals surface area contributed by atoms with Crippen LogP contribution in [0.5, 0.6) is 5.88 Å². The molecule has 4 aromatic rings. The van der Waals surface area contributed by atoms with Crippen molar-refractivity contribution in [3.05, 3.63) is 110 Å². The first-order valence-electron chi connectivity index (χ1n) is 12.6. The van der Waals surface area contributed by atoms with Crippen molar-refractivity contribution in [2.45, 2.75) is 43.6 Å². The SMILES string of the molecule is COc1cc(C)c(-c2c(C)c(Cc3c(F)cccc3C(F)(F)F)c3n(c2=O)C(C(N)c2ccccc2)CS3)cn1. The fourth-order valence-electron chi connectivity index (χ4n) is 5.30. The Hall–Kier alpha value is -3.63. The molecule has 0 radical (unpaired) electrons. The Bertz CT molecular complexity index is 1640. The number of alkyl halides is 3. The minimum absolute atomic E-state index is 0.295. The summed E-state index contributed by atoms with van der Waals surface area (Å²) in [5, 5.41) is 0.498. The van der Waals surface area contributed by atoms with E-state index < -0.39 is 35.2 Å². The summed E-state index contributed by atoms with van der Waals surface area (Å²) in [6.45, 7) is 3.49. The molecule has 10 heteroatoms. The van der Waals surface area contributed by atoms with Gasteiger partial charge in [-0.3, -0.25) is 9.36 Å². The topological polar surface area (TPSA) is 70.1 Å². The van der Waals surface area contributed by atoms with Gasteiger partial charge in [0.05, 0.1) is 35.3 Å². The van der Waals surface area contributed by atoms with Crippen LogP contribution in [0.25, 0.3) is 11.1 Å². The van der Waals surface area contributed by atoms with Crippen molar-refractivity contribution in [3.63, 3.8) is 0 Å². The van der Waals surface area contributed by atoms with E-state index in [1.807, 2.05) is 30.3 Å². The number of pyridine rings is 2. The quantitative estimate of drug-likeness (QED) is 0.264. The number of thioether (sulfide) groups is 1. The summed E-state index contributed by atoms with van der Waals surface area (Å²) in [6, 6.07) is 13.0. The third-order valence-corrected chi connectivity index (χ3v) is 8.63. The molecular weight excluding hydrogens is 542 g/mol. The van der Waals surface area contributed by atoms with Crippen LogP contribution in [0, 0.1) is 19.7 Å². The van der Waals surface area contributed by atoms with Crippen molar-refractivity contribution in [1.82, 2.24) is 9.55 Å². The molecule has 2 aromatic carbocycles. The Kier molecular flexibility index (Phi) is 7.50. The Morgan fingerprint density at radius 3 is 2.50 bits per heavy atom. The van der Waals surface area contributed by atoms with Gasteiger partial charge in [-0.1, -0.05) is 36.4 Å². The molecule has 0 amide bonds. The van der Waals surface area contributed by atoms with Crippen LogP contribution < -0.4 is 16.0 Å². The van der Waals surface area contributed by atoms with Crippen LogP contribution in [-0.2, 0) is 12.6 Å². The van der Waals surface area contributed by atoms with Crippen LogP contribution in [-0.4, -0.2) is 22.4 Å². The zero-order chi connectivity index (χ0) is 28.8. The maximum atomic E-state index is 15.0. The molecule has 0 bridgehead atoms. The summed E-state index contributed by atoms with van der Waals surface area (Å²) in [5.74, 6) is -0.158. The highest BCUT2D eigenvalue weighted by molar-refractivity contribution is 7.99. The summed E-state index contributed by atoms with van der Waals surface area (Å²) >= 11 is 1.35. The van der Waals surface area contributed by atoms with E-state index in [0.717, 1.165) is 23.8 Å². The molecule has 5 nitrogen and oxygen atoms in total. The fraction of sp³-hybridized carbons (Fsp3) is 0.267. The number of ether oxygens (including phenoxy) is 1. The second-order valence-electron chi connectivity index (χ2n) is 9.76. The highest BCUT2D eigenvalue weighted by Crippen LogP contribution is 2.44. The van der Waals surface area contributed by atoms with Gasteiger partial charge in [-0.05, 0) is 48.2 Å². The first-order chi connectivity index (χ1) is 19.0. The molecule has 2 N–H and O–H groups in total. The molecule has 40 heavy (non-hydrogen) atoms. The number of hydrogen-bond acceptors (Lipinski definition) is 5. The van der Waals surface area contributed by atoms with Crippen LogP contribution in [0.3, 0.4) is 0 Å². The monoisotopic (exact) mass is 569 g/mol. The molecule has 3 heterocycles. The van der Waals surface area contributed by atoms with Crippen molar-refractivity contribution in [1.29, 1.82) is 0 Å². The highest BCUT2D eigenvalue weighted by Gasteiger charge is 2.38. The molecule has 0 saturated carbocycles. The van der Waals surface area contributed by atoms with Crippen LogP contribution in [0.2, 0.25) is 0 Å². The van der Waals surface area contributed by atoms with Gasteiger partial charge in [0.1, 0.15) is 5.82 Å². The van der Waals surface area contributed by atoms with Gasteiger partial charge < -0.3 is 10.5 Å². The van der Waals surface area contributed by atoms with E-state index in [1.165, 1.54) is 25.1 Å². The number of nitrogens with two attached hydrogens (primary N) is 1. The third-order valence-electron chi connectivity index (χ3n) is 7.40. The lowest BCUT2D eigenvalue weighted by molar-refractivity contribution is -0.138. The Labute approximate surface area is 233 Å². The van der Waals surface area contributed by atoms with Crippen molar-refractivity contribution in [3.8, 4) is 17.0 Å². The first-order valence-corrected chi connectivity index (χ1v) is 13.6. The molecule has 1 aliphatic rings. The van der Waals surface area contributed by atoms with Crippen molar-refractivity contribution in [2.75, 3.05) is 12.9 Å².